The number of amides is 3. The summed E-state index contributed by atoms with van der Waals surface area (Å²) >= 11 is 1.57. The number of likely N-dealkylation sites (tertiary alicyclic amines) is 1. The number of carbonyl (C=O) groups excluding carboxylic acids is 3. The number of thiophene rings is 1. The molecule has 3 amide bonds. The van der Waals surface area contributed by atoms with Gasteiger partial charge in [-0.15, -0.1) is 11.3 Å². The molecule has 0 aliphatic carbocycles. The van der Waals surface area contributed by atoms with E-state index in [2.05, 4.69) is 10.6 Å². The van der Waals surface area contributed by atoms with Gasteiger partial charge in [-0.05, 0) is 37.6 Å². The van der Waals surface area contributed by atoms with Crippen molar-refractivity contribution in [3.63, 3.8) is 0 Å². The molecule has 0 aromatic carbocycles. The Morgan fingerprint density at radius 1 is 1.31 bits per heavy atom. The highest BCUT2D eigenvalue weighted by Crippen LogP contribution is 2.55. The lowest BCUT2D eigenvalue weighted by Gasteiger charge is -2.35. The summed E-state index contributed by atoms with van der Waals surface area (Å²) in [6.07, 6.45) is 3.96. The zero-order valence-corrected chi connectivity index (χ0v) is 20.2. The number of rotatable bonds is 8. The monoisotopic (exact) mass is 459 g/mol. The number of nitrogens with zero attached hydrogens (tertiary/aromatic N) is 1. The summed E-state index contributed by atoms with van der Waals surface area (Å²) in [5, 5.41) is 8.04. The molecule has 2 N–H and O–H groups in total. The van der Waals surface area contributed by atoms with E-state index in [1.165, 1.54) is 0 Å². The molecule has 7 nitrogen and oxygen atoms in total. The Bertz CT molecular complexity index is 926. The standard InChI is InChI=1S/C24H33N3O4S/c1-6-23(4,5)26-21(29)19-24-10-9-16(31-24)17(18(24)22(30)27(19)13-14(2)3)20(28)25-12-15-8-7-11-32-15/h7-11,14,16-19H,6,12-13H2,1-5H3,(H,25,28)(H,26,29)/t16-,17+,18-,19-,24+/m1/s1. The van der Waals surface area contributed by atoms with Gasteiger partial charge in [-0.25, -0.2) is 0 Å². The first-order valence-electron chi connectivity index (χ1n) is 11.4. The number of hydrogen-bond donors (Lipinski definition) is 2. The third-order valence-corrected chi connectivity index (χ3v) is 7.73. The minimum atomic E-state index is -1.10. The van der Waals surface area contributed by atoms with Crippen LogP contribution in [-0.2, 0) is 25.7 Å². The Hall–Kier alpha value is -2.19. The molecule has 2 saturated heterocycles. The first-order chi connectivity index (χ1) is 15.1. The number of nitrogens with one attached hydrogen (secondary N) is 2. The van der Waals surface area contributed by atoms with Crippen molar-refractivity contribution in [1.29, 1.82) is 0 Å². The largest absolute Gasteiger partial charge is 0.359 e. The van der Waals surface area contributed by atoms with E-state index in [-0.39, 0.29) is 23.6 Å². The number of ether oxygens (including phenoxy) is 1. The second kappa shape index (κ2) is 8.30. The highest BCUT2D eigenvalue weighted by Gasteiger charge is 2.72. The fraction of sp³-hybridized carbons (Fsp3) is 0.625. The molecule has 174 valence electrons. The van der Waals surface area contributed by atoms with Crippen LogP contribution in [0.2, 0.25) is 0 Å². The van der Waals surface area contributed by atoms with Gasteiger partial charge in [-0.2, -0.15) is 0 Å². The summed E-state index contributed by atoms with van der Waals surface area (Å²) < 4.78 is 6.33. The smallest absolute Gasteiger partial charge is 0.246 e. The molecule has 1 aromatic rings. The molecule has 0 unspecified atom stereocenters. The molecular formula is C24H33N3O4S. The zero-order chi connectivity index (χ0) is 23.3. The quantitative estimate of drug-likeness (QED) is 0.585. The molecule has 1 spiro atoms. The zero-order valence-electron chi connectivity index (χ0n) is 19.4. The molecule has 4 rings (SSSR count). The van der Waals surface area contributed by atoms with Crippen LogP contribution >= 0.6 is 11.3 Å². The van der Waals surface area contributed by atoms with Crippen molar-refractivity contribution < 1.29 is 19.1 Å². The van der Waals surface area contributed by atoms with Gasteiger partial charge in [0.05, 0.1) is 24.5 Å². The predicted molar refractivity (Wildman–Crippen MR) is 123 cm³/mol. The van der Waals surface area contributed by atoms with Crippen molar-refractivity contribution in [3.8, 4) is 0 Å². The molecule has 5 atom stereocenters. The molecule has 3 aliphatic heterocycles. The van der Waals surface area contributed by atoms with Gasteiger partial charge in [0.1, 0.15) is 11.6 Å². The first-order valence-corrected chi connectivity index (χ1v) is 12.3. The molecule has 2 bridgehead atoms. The third-order valence-electron chi connectivity index (χ3n) is 6.85. The summed E-state index contributed by atoms with van der Waals surface area (Å²) in [6, 6.07) is 3.12. The van der Waals surface area contributed by atoms with E-state index in [0.717, 1.165) is 11.3 Å². The highest BCUT2D eigenvalue weighted by atomic mass is 32.1. The highest BCUT2D eigenvalue weighted by molar-refractivity contribution is 7.09. The molecular weight excluding hydrogens is 426 g/mol. The molecule has 0 radical (unpaired) electrons. The van der Waals surface area contributed by atoms with Crippen LogP contribution in [-0.4, -0.2) is 52.5 Å². The minimum Gasteiger partial charge on any atom is -0.359 e. The number of fused-ring (bicyclic) bond motifs is 1. The second-order valence-electron chi connectivity index (χ2n) is 10.1. The summed E-state index contributed by atoms with van der Waals surface area (Å²) in [7, 11) is 0. The van der Waals surface area contributed by atoms with Gasteiger partial charge in [-0.3, -0.25) is 14.4 Å². The van der Waals surface area contributed by atoms with Gasteiger partial charge < -0.3 is 20.3 Å². The fourth-order valence-corrected chi connectivity index (χ4v) is 5.70. The van der Waals surface area contributed by atoms with Crippen molar-refractivity contribution in [2.75, 3.05) is 6.54 Å². The van der Waals surface area contributed by atoms with Crippen LogP contribution in [0.25, 0.3) is 0 Å². The van der Waals surface area contributed by atoms with E-state index in [1.807, 2.05) is 64.3 Å². The van der Waals surface area contributed by atoms with Gasteiger partial charge in [0.15, 0.2) is 0 Å². The summed E-state index contributed by atoms with van der Waals surface area (Å²) in [5.74, 6) is -1.75. The Morgan fingerprint density at radius 3 is 2.69 bits per heavy atom. The first kappa shape index (κ1) is 23.0. The molecule has 2 fully saturated rings. The van der Waals surface area contributed by atoms with E-state index >= 15 is 0 Å². The summed E-state index contributed by atoms with van der Waals surface area (Å²) in [5.41, 5.74) is -1.51. The van der Waals surface area contributed by atoms with E-state index in [1.54, 1.807) is 16.2 Å². The van der Waals surface area contributed by atoms with E-state index in [0.29, 0.717) is 13.1 Å². The van der Waals surface area contributed by atoms with Crippen molar-refractivity contribution >= 4 is 29.1 Å². The Morgan fingerprint density at radius 2 is 2.06 bits per heavy atom. The van der Waals surface area contributed by atoms with Gasteiger partial charge in [0.2, 0.25) is 17.7 Å². The summed E-state index contributed by atoms with van der Waals surface area (Å²) in [6.45, 7) is 10.8. The fourth-order valence-electron chi connectivity index (χ4n) is 5.05. The van der Waals surface area contributed by atoms with Crippen LogP contribution in [0.3, 0.4) is 0 Å². The molecule has 4 heterocycles. The van der Waals surface area contributed by atoms with Gasteiger partial charge in [0.25, 0.3) is 0 Å². The molecule has 3 aliphatic rings. The number of carbonyl (C=O) groups is 3. The average Bonchev–Trinajstić information content (AvgIpc) is 3.48. The van der Waals surface area contributed by atoms with Crippen LogP contribution in [0.1, 0.15) is 45.9 Å². The second-order valence-corrected chi connectivity index (χ2v) is 11.1. The molecule has 8 heteroatoms. The Labute approximate surface area is 193 Å². The van der Waals surface area contributed by atoms with Crippen LogP contribution < -0.4 is 10.6 Å². The SMILES string of the molecule is CCC(C)(C)NC(=O)[C@H]1N(CC(C)C)C(=O)[C@H]2[C@@H](C(=O)NCc3cccs3)[C@H]3C=C[C@]21O3. The van der Waals surface area contributed by atoms with Crippen molar-refractivity contribution in [3.05, 3.63) is 34.5 Å². The molecule has 1 aromatic heterocycles. The lowest BCUT2D eigenvalue weighted by atomic mass is 9.74. The maximum atomic E-state index is 13.7. The van der Waals surface area contributed by atoms with E-state index in [4.69, 9.17) is 4.74 Å². The topological polar surface area (TPSA) is 87.7 Å². The van der Waals surface area contributed by atoms with Crippen molar-refractivity contribution in [2.45, 2.75) is 70.9 Å². The van der Waals surface area contributed by atoms with E-state index in [9.17, 15) is 14.4 Å². The number of hydrogen-bond acceptors (Lipinski definition) is 5. The van der Waals surface area contributed by atoms with E-state index < -0.39 is 35.1 Å². The molecule has 32 heavy (non-hydrogen) atoms. The lowest BCUT2D eigenvalue weighted by molar-refractivity contribution is -0.142. The Balaban J connectivity index is 1.63. The van der Waals surface area contributed by atoms with Gasteiger partial charge in [0, 0.05) is 17.0 Å². The maximum Gasteiger partial charge on any atom is 0.246 e. The van der Waals surface area contributed by atoms with Crippen LogP contribution in [0.5, 0.6) is 0 Å². The van der Waals surface area contributed by atoms with Gasteiger partial charge in [-0.1, -0.05) is 39.0 Å². The predicted octanol–water partition coefficient (Wildman–Crippen LogP) is 2.48. The minimum absolute atomic E-state index is 0.170. The normalized spacial score (nSPS) is 30.8. The van der Waals surface area contributed by atoms with Crippen LogP contribution in [0.15, 0.2) is 29.7 Å². The maximum absolute atomic E-state index is 13.7. The van der Waals surface area contributed by atoms with Crippen LogP contribution in [0, 0.1) is 17.8 Å². The van der Waals surface area contributed by atoms with Gasteiger partial charge >= 0.3 is 0 Å². The average molecular weight is 460 g/mol. The van der Waals surface area contributed by atoms with Crippen LogP contribution in [0.4, 0.5) is 0 Å². The Kier molecular flexibility index (Phi) is 5.96. The third kappa shape index (κ3) is 3.77. The van der Waals surface area contributed by atoms with Crippen molar-refractivity contribution in [2.24, 2.45) is 17.8 Å². The lowest BCUT2D eigenvalue weighted by Crippen LogP contribution is -2.58. The molecule has 0 saturated carbocycles. The van der Waals surface area contributed by atoms with Crippen molar-refractivity contribution in [1.82, 2.24) is 15.5 Å². The summed E-state index contributed by atoms with van der Waals surface area (Å²) in [4.78, 5) is 43.1.